The number of hydrogen-bond donors (Lipinski definition) is 1. The zero-order chi connectivity index (χ0) is 14.2. The largest absolute Gasteiger partial charge is 0.459 e. The summed E-state index contributed by atoms with van der Waals surface area (Å²) < 4.78 is 6.99. The molecule has 1 aromatic heterocycles. The molecule has 0 bridgehead atoms. The zero-order valence-corrected chi connectivity index (χ0v) is 13.8. The molecule has 0 aliphatic carbocycles. The van der Waals surface area contributed by atoms with Gasteiger partial charge in [0.1, 0.15) is 11.3 Å². The molecule has 3 heteroatoms. The van der Waals surface area contributed by atoms with Crippen molar-refractivity contribution >= 4 is 26.9 Å². The van der Waals surface area contributed by atoms with E-state index in [-0.39, 0.29) is 11.5 Å². The summed E-state index contributed by atoms with van der Waals surface area (Å²) >= 11 is 3.49. The van der Waals surface area contributed by atoms with Gasteiger partial charge in [0.05, 0.1) is 6.04 Å². The fourth-order valence-electron chi connectivity index (χ4n) is 1.96. The van der Waals surface area contributed by atoms with Gasteiger partial charge < -0.3 is 9.73 Å². The van der Waals surface area contributed by atoms with Crippen LogP contribution in [0.5, 0.6) is 0 Å². The Morgan fingerprint density at radius 1 is 1.16 bits per heavy atom. The monoisotopic (exact) mass is 323 g/mol. The van der Waals surface area contributed by atoms with E-state index < -0.39 is 0 Å². The highest BCUT2D eigenvalue weighted by Crippen LogP contribution is 2.28. The predicted octanol–water partition coefficient (Wildman–Crippen LogP) is 5.28. The van der Waals surface area contributed by atoms with Crippen LogP contribution < -0.4 is 5.32 Å². The highest BCUT2D eigenvalue weighted by atomic mass is 79.9. The van der Waals surface area contributed by atoms with Gasteiger partial charge >= 0.3 is 0 Å². The van der Waals surface area contributed by atoms with E-state index in [0.717, 1.165) is 21.2 Å². The van der Waals surface area contributed by atoms with Gasteiger partial charge in [0, 0.05) is 15.9 Å². The lowest BCUT2D eigenvalue weighted by Gasteiger charge is -2.30. The quantitative estimate of drug-likeness (QED) is 0.831. The van der Waals surface area contributed by atoms with Gasteiger partial charge in [-0.3, -0.25) is 0 Å². The lowest BCUT2D eigenvalue weighted by atomic mass is 9.87. The molecule has 2 nitrogen and oxygen atoms in total. The third-order valence-corrected chi connectivity index (χ3v) is 4.22. The van der Waals surface area contributed by atoms with Crippen molar-refractivity contribution in [3.63, 3.8) is 0 Å². The van der Waals surface area contributed by atoms with Gasteiger partial charge in [0.25, 0.3) is 0 Å². The average Bonchev–Trinajstić information content (AvgIpc) is 2.70. The fourth-order valence-corrected chi connectivity index (χ4v) is 2.33. The maximum absolute atomic E-state index is 5.92. The molecule has 2 rings (SSSR count). The van der Waals surface area contributed by atoms with E-state index in [4.69, 9.17) is 4.42 Å². The minimum atomic E-state index is 0.209. The summed E-state index contributed by atoms with van der Waals surface area (Å²) in [6.07, 6.45) is 0. The summed E-state index contributed by atoms with van der Waals surface area (Å²) in [6, 6.07) is 8.84. The van der Waals surface area contributed by atoms with E-state index in [1.807, 2.05) is 12.1 Å². The SMILES string of the molecule is CC(NC(C)C(C)(C)C)c1cc2cc(Br)ccc2o1. The maximum atomic E-state index is 5.92. The van der Waals surface area contributed by atoms with E-state index in [9.17, 15) is 0 Å². The van der Waals surface area contributed by atoms with Crippen LogP contribution in [0.25, 0.3) is 11.0 Å². The summed E-state index contributed by atoms with van der Waals surface area (Å²) in [4.78, 5) is 0. The molecule has 0 spiro atoms. The van der Waals surface area contributed by atoms with Crippen molar-refractivity contribution in [3.8, 4) is 0 Å². The molecule has 0 saturated heterocycles. The molecule has 2 unspecified atom stereocenters. The van der Waals surface area contributed by atoms with Gasteiger partial charge in [-0.1, -0.05) is 36.7 Å². The van der Waals surface area contributed by atoms with Crippen LogP contribution in [0.2, 0.25) is 0 Å². The number of nitrogens with one attached hydrogen (secondary N) is 1. The second kappa shape index (κ2) is 5.29. The second-order valence-electron chi connectivity index (χ2n) is 6.31. The molecule has 1 aromatic carbocycles. The molecule has 104 valence electrons. The smallest absolute Gasteiger partial charge is 0.134 e. The Morgan fingerprint density at radius 3 is 2.47 bits per heavy atom. The highest BCUT2D eigenvalue weighted by Gasteiger charge is 2.23. The fraction of sp³-hybridized carbons (Fsp3) is 0.500. The van der Waals surface area contributed by atoms with Gasteiger partial charge in [-0.2, -0.15) is 0 Å². The predicted molar refractivity (Wildman–Crippen MR) is 84.4 cm³/mol. The Labute approximate surface area is 123 Å². The highest BCUT2D eigenvalue weighted by molar-refractivity contribution is 9.10. The molecular formula is C16H22BrNO. The molecule has 0 aliphatic rings. The van der Waals surface area contributed by atoms with Gasteiger partial charge in [-0.15, -0.1) is 0 Å². The first-order valence-electron chi connectivity index (χ1n) is 6.72. The number of halogens is 1. The summed E-state index contributed by atoms with van der Waals surface area (Å²) in [6.45, 7) is 11.1. The third kappa shape index (κ3) is 3.40. The lowest BCUT2D eigenvalue weighted by Crippen LogP contribution is -2.38. The van der Waals surface area contributed by atoms with Crippen LogP contribution in [0.1, 0.15) is 46.4 Å². The second-order valence-corrected chi connectivity index (χ2v) is 7.22. The minimum absolute atomic E-state index is 0.209. The third-order valence-electron chi connectivity index (χ3n) is 3.72. The first-order valence-corrected chi connectivity index (χ1v) is 7.52. The van der Waals surface area contributed by atoms with Crippen molar-refractivity contribution in [1.82, 2.24) is 5.32 Å². The van der Waals surface area contributed by atoms with Crippen molar-refractivity contribution in [2.24, 2.45) is 5.41 Å². The summed E-state index contributed by atoms with van der Waals surface area (Å²) in [5.74, 6) is 0.990. The Bertz CT molecular complexity index is 568. The van der Waals surface area contributed by atoms with Crippen LogP contribution in [0, 0.1) is 5.41 Å². The molecule has 19 heavy (non-hydrogen) atoms. The van der Waals surface area contributed by atoms with E-state index >= 15 is 0 Å². The molecule has 0 amide bonds. The Morgan fingerprint density at radius 2 is 1.84 bits per heavy atom. The van der Waals surface area contributed by atoms with E-state index in [0.29, 0.717) is 6.04 Å². The Hall–Kier alpha value is -0.800. The number of benzene rings is 1. The van der Waals surface area contributed by atoms with Gasteiger partial charge in [0.2, 0.25) is 0 Å². The van der Waals surface area contributed by atoms with Crippen LogP contribution in [0.4, 0.5) is 0 Å². The van der Waals surface area contributed by atoms with Crippen molar-refractivity contribution < 1.29 is 4.42 Å². The average molecular weight is 324 g/mol. The van der Waals surface area contributed by atoms with E-state index in [1.165, 1.54) is 0 Å². The topological polar surface area (TPSA) is 25.2 Å². The van der Waals surface area contributed by atoms with E-state index in [2.05, 4.69) is 68.0 Å². The lowest BCUT2D eigenvalue weighted by molar-refractivity contribution is 0.258. The number of fused-ring (bicyclic) bond motifs is 1. The maximum Gasteiger partial charge on any atom is 0.134 e. The molecule has 0 aliphatic heterocycles. The van der Waals surface area contributed by atoms with Crippen molar-refractivity contribution in [2.45, 2.75) is 46.7 Å². The summed E-state index contributed by atoms with van der Waals surface area (Å²) in [5, 5.41) is 4.75. The normalized spacial score (nSPS) is 15.7. The number of furan rings is 1. The zero-order valence-electron chi connectivity index (χ0n) is 12.3. The van der Waals surface area contributed by atoms with Crippen LogP contribution in [-0.4, -0.2) is 6.04 Å². The molecule has 1 heterocycles. The minimum Gasteiger partial charge on any atom is -0.459 e. The van der Waals surface area contributed by atoms with Crippen LogP contribution in [0.15, 0.2) is 33.2 Å². The van der Waals surface area contributed by atoms with Gasteiger partial charge in [0.15, 0.2) is 0 Å². The van der Waals surface area contributed by atoms with Crippen molar-refractivity contribution in [3.05, 3.63) is 34.5 Å². The van der Waals surface area contributed by atoms with E-state index in [1.54, 1.807) is 0 Å². The molecule has 0 saturated carbocycles. The standard InChI is InChI=1S/C16H22BrNO/c1-10(18-11(2)16(3,4)5)15-9-12-8-13(17)6-7-14(12)19-15/h6-11,18H,1-5H3. The molecule has 0 radical (unpaired) electrons. The van der Waals surface area contributed by atoms with Crippen LogP contribution >= 0.6 is 15.9 Å². The first kappa shape index (κ1) is 14.6. The van der Waals surface area contributed by atoms with Gasteiger partial charge in [-0.25, -0.2) is 0 Å². The molecule has 0 fully saturated rings. The van der Waals surface area contributed by atoms with Crippen molar-refractivity contribution in [1.29, 1.82) is 0 Å². The van der Waals surface area contributed by atoms with Crippen molar-refractivity contribution in [2.75, 3.05) is 0 Å². The number of rotatable bonds is 3. The Balaban J connectivity index is 2.20. The Kier molecular flexibility index (Phi) is 4.07. The van der Waals surface area contributed by atoms with Crippen LogP contribution in [-0.2, 0) is 0 Å². The molecule has 1 N–H and O–H groups in total. The number of hydrogen-bond acceptors (Lipinski definition) is 2. The molecular weight excluding hydrogens is 302 g/mol. The molecule has 2 atom stereocenters. The summed E-state index contributed by atoms with van der Waals surface area (Å²) in [7, 11) is 0. The first-order chi connectivity index (χ1) is 8.77. The molecule has 2 aromatic rings. The van der Waals surface area contributed by atoms with Gasteiger partial charge in [-0.05, 0) is 43.5 Å². The summed E-state index contributed by atoms with van der Waals surface area (Å²) in [5.41, 5.74) is 1.18. The van der Waals surface area contributed by atoms with Crippen LogP contribution in [0.3, 0.4) is 0 Å².